The second-order valence-corrected chi connectivity index (χ2v) is 6.07. The molecule has 2 aromatic rings. The summed E-state index contributed by atoms with van der Waals surface area (Å²) in [5.41, 5.74) is 0.336. The molecule has 0 aliphatic carbocycles. The van der Waals surface area contributed by atoms with Gasteiger partial charge in [-0.1, -0.05) is 12.0 Å². The summed E-state index contributed by atoms with van der Waals surface area (Å²) >= 11 is 0. The topological polar surface area (TPSA) is 84.9 Å². The summed E-state index contributed by atoms with van der Waals surface area (Å²) in [7, 11) is 0. The van der Waals surface area contributed by atoms with Gasteiger partial charge in [0.05, 0.1) is 12.3 Å². The summed E-state index contributed by atoms with van der Waals surface area (Å²) in [5.74, 6) is 0.966. The number of amides is 4. The molecule has 152 valence electrons. The third kappa shape index (κ3) is 4.31. The van der Waals surface area contributed by atoms with Crippen molar-refractivity contribution in [1.29, 1.82) is 0 Å². The molecular weight excluding hydrogens is 391 g/mol. The maximum Gasteiger partial charge on any atom is 0.335 e. The SMILES string of the molecule is C#CCOc1ccc(/C=C2\C(=O)NC(=O)N(c3ccc(F)cc3)C2=O)cc1OCC. The number of imide groups is 2. The predicted molar refractivity (Wildman–Crippen MR) is 107 cm³/mol. The van der Waals surface area contributed by atoms with E-state index >= 15 is 0 Å². The molecule has 1 aliphatic rings. The molecule has 1 N–H and O–H groups in total. The number of anilines is 1. The quantitative estimate of drug-likeness (QED) is 0.451. The zero-order valence-corrected chi connectivity index (χ0v) is 16.0. The highest BCUT2D eigenvalue weighted by molar-refractivity contribution is 6.39. The lowest BCUT2D eigenvalue weighted by atomic mass is 10.1. The number of nitrogens with zero attached hydrogens (tertiary/aromatic N) is 1. The van der Waals surface area contributed by atoms with E-state index in [1.807, 2.05) is 0 Å². The first-order valence-corrected chi connectivity index (χ1v) is 8.94. The molecule has 0 bridgehead atoms. The Balaban J connectivity index is 1.96. The molecule has 3 rings (SSSR count). The first-order valence-electron chi connectivity index (χ1n) is 8.94. The number of urea groups is 1. The van der Waals surface area contributed by atoms with Crippen molar-refractivity contribution in [1.82, 2.24) is 5.32 Å². The van der Waals surface area contributed by atoms with Crippen molar-refractivity contribution >= 4 is 29.6 Å². The Labute approximate surface area is 172 Å². The van der Waals surface area contributed by atoms with Crippen LogP contribution in [0.15, 0.2) is 48.0 Å². The highest BCUT2D eigenvalue weighted by atomic mass is 19.1. The molecular formula is C22H17FN2O5. The zero-order valence-electron chi connectivity index (χ0n) is 16.0. The Kier molecular flexibility index (Phi) is 6.13. The van der Waals surface area contributed by atoms with Crippen LogP contribution in [0.4, 0.5) is 14.9 Å². The van der Waals surface area contributed by atoms with Gasteiger partial charge in [0, 0.05) is 0 Å². The lowest BCUT2D eigenvalue weighted by Gasteiger charge is -2.26. The maximum absolute atomic E-state index is 13.2. The number of halogens is 1. The van der Waals surface area contributed by atoms with Crippen molar-refractivity contribution in [3.63, 3.8) is 0 Å². The normalized spacial score (nSPS) is 15.0. The number of terminal acetylenes is 1. The van der Waals surface area contributed by atoms with Gasteiger partial charge in [0.1, 0.15) is 18.0 Å². The summed E-state index contributed by atoms with van der Waals surface area (Å²) in [6, 6.07) is 8.64. The molecule has 1 aliphatic heterocycles. The molecule has 0 atom stereocenters. The van der Waals surface area contributed by atoms with Crippen LogP contribution in [0.1, 0.15) is 12.5 Å². The van der Waals surface area contributed by atoms with Crippen LogP contribution >= 0.6 is 0 Å². The van der Waals surface area contributed by atoms with Gasteiger partial charge in [0.15, 0.2) is 11.5 Å². The summed E-state index contributed by atoms with van der Waals surface area (Å²) in [4.78, 5) is 38.1. The second kappa shape index (κ2) is 8.92. The monoisotopic (exact) mass is 408 g/mol. The molecule has 1 saturated heterocycles. The first kappa shape index (κ1) is 20.6. The highest BCUT2D eigenvalue weighted by Crippen LogP contribution is 2.30. The molecule has 1 heterocycles. The van der Waals surface area contributed by atoms with Crippen LogP contribution in [0.2, 0.25) is 0 Å². The van der Waals surface area contributed by atoms with Crippen LogP contribution in [0, 0.1) is 18.2 Å². The van der Waals surface area contributed by atoms with Gasteiger partial charge in [-0.15, -0.1) is 6.42 Å². The molecule has 0 radical (unpaired) electrons. The van der Waals surface area contributed by atoms with Crippen molar-refractivity contribution in [3.05, 3.63) is 59.4 Å². The first-order chi connectivity index (χ1) is 14.4. The van der Waals surface area contributed by atoms with Gasteiger partial charge in [0.25, 0.3) is 11.8 Å². The van der Waals surface area contributed by atoms with E-state index < -0.39 is 23.7 Å². The fraction of sp³-hybridized carbons (Fsp3) is 0.136. The minimum Gasteiger partial charge on any atom is -0.490 e. The molecule has 0 saturated carbocycles. The zero-order chi connectivity index (χ0) is 21.7. The fourth-order valence-corrected chi connectivity index (χ4v) is 2.77. The lowest BCUT2D eigenvalue weighted by Crippen LogP contribution is -2.54. The van der Waals surface area contributed by atoms with Crippen LogP contribution in [-0.2, 0) is 9.59 Å². The van der Waals surface area contributed by atoms with Gasteiger partial charge in [0.2, 0.25) is 0 Å². The third-order valence-electron chi connectivity index (χ3n) is 4.08. The van der Waals surface area contributed by atoms with E-state index in [-0.39, 0.29) is 17.9 Å². The van der Waals surface area contributed by atoms with Gasteiger partial charge >= 0.3 is 6.03 Å². The molecule has 0 spiro atoms. The van der Waals surface area contributed by atoms with E-state index in [9.17, 15) is 18.8 Å². The Morgan fingerprint density at radius 3 is 2.50 bits per heavy atom. The number of hydrogen-bond acceptors (Lipinski definition) is 5. The largest absolute Gasteiger partial charge is 0.490 e. The van der Waals surface area contributed by atoms with Crippen molar-refractivity contribution in [2.45, 2.75) is 6.92 Å². The maximum atomic E-state index is 13.2. The van der Waals surface area contributed by atoms with Gasteiger partial charge in [-0.05, 0) is 55.0 Å². The Morgan fingerprint density at radius 2 is 1.83 bits per heavy atom. The standard InChI is InChI=1S/C22H17FN2O5/c1-3-11-30-18-10-5-14(13-19(18)29-4-2)12-17-20(26)24-22(28)25(21(17)27)16-8-6-15(23)7-9-16/h1,5-10,12-13H,4,11H2,2H3,(H,24,26,28)/b17-12+. The highest BCUT2D eigenvalue weighted by Gasteiger charge is 2.36. The Bertz CT molecular complexity index is 1070. The molecule has 1 fully saturated rings. The average molecular weight is 408 g/mol. The molecule has 8 heteroatoms. The molecule has 4 amide bonds. The van der Waals surface area contributed by atoms with E-state index in [2.05, 4.69) is 11.2 Å². The van der Waals surface area contributed by atoms with Crippen molar-refractivity contribution in [2.24, 2.45) is 0 Å². The number of rotatable bonds is 6. The van der Waals surface area contributed by atoms with Crippen LogP contribution in [-0.4, -0.2) is 31.1 Å². The van der Waals surface area contributed by atoms with Gasteiger partial charge < -0.3 is 9.47 Å². The van der Waals surface area contributed by atoms with Crippen LogP contribution in [0.3, 0.4) is 0 Å². The average Bonchev–Trinajstić information content (AvgIpc) is 2.72. The van der Waals surface area contributed by atoms with E-state index in [1.54, 1.807) is 25.1 Å². The molecule has 0 unspecified atom stereocenters. The Hall–Kier alpha value is -4.12. The van der Waals surface area contributed by atoms with Gasteiger partial charge in [-0.3, -0.25) is 14.9 Å². The van der Waals surface area contributed by atoms with Gasteiger partial charge in [-0.2, -0.15) is 0 Å². The summed E-state index contributed by atoms with van der Waals surface area (Å²) < 4.78 is 24.1. The minimum atomic E-state index is -0.915. The lowest BCUT2D eigenvalue weighted by molar-refractivity contribution is -0.122. The number of nitrogens with one attached hydrogen (secondary N) is 1. The Morgan fingerprint density at radius 1 is 1.10 bits per heavy atom. The number of carbonyl (C=O) groups is 3. The van der Waals surface area contributed by atoms with Crippen molar-refractivity contribution in [3.8, 4) is 23.8 Å². The van der Waals surface area contributed by atoms with E-state index in [0.717, 1.165) is 17.0 Å². The molecule has 30 heavy (non-hydrogen) atoms. The van der Waals surface area contributed by atoms with Crippen molar-refractivity contribution in [2.75, 3.05) is 18.1 Å². The van der Waals surface area contributed by atoms with Crippen LogP contribution in [0.5, 0.6) is 11.5 Å². The number of barbiturate groups is 1. The second-order valence-electron chi connectivity index (χ2n) is 6.07. The minimum absolute atomic E-state index is 0.0517. The number of ether oxygens (including phenoxy) is 2. The van der Waals surface area contributed by atoms with Gasteiger partial charge in [-0.25, -0.2) is 14.1 Å². The van der Waals surface area contributed by atoms with E-state index in [0.29, 0.717) is 23.7 Å². The molecule has 0 aromatic heterocycles. The fourth-order valence-electron chi connectivity index (χ4n) is 2.77. The van der Waals surface area contributed by atoms with E-state index in [1.165, 1.54) is 18.2 Å². The molecule has 2 aromatic carbocycles. The summed E-state index contributed by atoms with van der Waals surface area (Å²) in [5, 5.41) is 2.11. The number of carbonyl (C=O) groups excluding carboxylic acids is 3. The number of benzene rings is 2. The molecule has 7 nitrogen and oxygen atoms in total. The predicted octanol–water partition coefficient (Wildman–Crippen LogP) is 2.90. The smallest absolute Gasteiger partial charge is 0.335 e. The third-order valence-corrected chi connectivity index (χ3v) is 4.08. The van der Waals surface area contributed by atoms with Crippen molar-refractivity contribution < 1.29 is 28.2 Å². The van der Waals surface area contributed by atoms with E-state index in [4.69, 9.17) is 15.9 Å². The summed E-state index contributed by atoms with van der Waals surface area (Å²) in [6.07, 6.45) is 6.53. The van der Waals surface area contributed by atoms with Crippen LogP contribution in [0.25, 0.3) is 6.08 Å². The van der Waals surface area contributed by atoms with Crippen LogP contribution < -0.4 is 19.7 Å². The summed E-state index contributed by atoms with van der Waals surface area (Å²) in [6.45, 7) is 2.20. The number of hydrogen-bond donors (Lipinski definition) is 1.